The van der Waals surface area contributed by atoms with Crippen LogP contribution in [-0.4, -0.2) is 23.0 Å². The molecule has 0 fully saturated rings. The summed E-state index contributed by atoms with van der Waals surface area (Å²) in [5.41, 5.74) is 2.17. The maximum absolute atomic E-state index is 11.8. The van der Waals surface area contributed by atoms with Crippen LogP contribution < -0.4 is 5.32 Å². The predicted octanol–water partition coefficient (Wildman–Crippen LogP) is 3.23. The third-order valence-corrected chi connectivity index (χ3v) is 4.05. The summed E-state index contributed by atoms with van der Waals surface area (Å²) in [6.07, 6.45) is 3.44. The van der Waals surface area contributed by atoms with E-state index in [1.165, 1.54) is 0 Å². The molecular weight excluding hydrogens is 334 g/mol. The van der Waals surface area contributed by atoms with E-state index in [-0.39, 0.29) is 12.3 Å². The first-order valence-electron chi connectivity index (χ1n) is 6.82. The van der Waals surface area contributed by atoms with E-state index < -0.39 is 12.0 Å². The fourth-order valence-electron chi connectivity index (χ4n) is 1.93. The van der Waals surface area contributed by atoms with Gasteiger partial charge in [-0.15, -0.1) is 6.58 Å². The van der Waals surface area contributed by atoms with Crippen molar-refractivity contribution in [2.75, 3.05) is 0 Å². The van der Waals surface area contributed by atoms with Gasteiger partial charge in [0.05, 0.1) is 0 Å². The van der Waals surface area contributed by atoms with Crippen LogP contribution in [-0.2, 0) is 16.0 Å². The molecule has 1 aromatic carbocycles. The van der Waals surface area contributed by atoms with Crippen LogP contribution in [0, 0.1) is 6.92 Å². The van der Waals surface area contributed by atoms with E-state index in [4.69, 9.17) is 5.11 Å². The van der Waals surface area contributed by atoms with Gasteiger partial charge in [0.2, 0.25) is 5.91 Å². The molecule has 0 radical (unpaired) electrons. The molecule has 114 valence electrons. The molecule has 1 atom stereocenters. The molecule has 0 saturated carbocycles. The van der Waals surface area contributed by atoms with Crippen molar-refractivity contribution in [3.8, 4) is 0 Å². The molecule has 0 aliphatic carbocycles. The number of allylic oxidation sites excluding steroid dienone is 1. The monoisotopic (exact) mass is 353 g/mol. The van der Waals surface area contributed by atoms with E-state index in [1.54, 1.807) is 6.08 Å². The summed E-state index contributed by atoms with van der Waals surface area (Å²) in [5.74, 6) is -1.25. The Bertz CT molecular complexity index is 528. The van der Waals surface area contributed by atoms with Crippen molar-refractivity contribution in [3.63, 3.8) is 0 Å². The highest BCUT2D eigenvalue weighted by Crippen LogP contribution is 2.17. The molecule has 0 aliphatic heterocycles. The number of carboxylic acid groups (broad SMARTS) is 1. The van der Waals surface area contributed by atoms with Gasteiger partial charge in [-0.25, -0.2) is 4.79 Å². The van der Waals surface area contributed by atoms with Crippen LogP contribution in [0.2, 0.25) is 0 Å². The van der Waals surface area contributed by atoms with Gasteiger partial charge in [0.1, 0.15) is 6.04 Å². The van der Waals surface area contributed by atoms with Crippen LogP contribution >= 0.6 is 15.9 Å². The number of carbonyl (C=O) groups excluding carboxylic acids is 1. The smallest absolute Gasteiger partial charge is 0.326 e. The number of rotatable bonds is 8. The largest absolute Gasteiger partial charge is 0.480 e. The normalized spacial score (nSPS) is 11.7. The van der Waals surface area contributed by atoms with E-state index in [2.05, 4.69) is 27.8 Å². The summed E-state index contributed by atoms with van der Waals surface area (Å²) in [6.45, 7) is 5.54. The lowest BCUT2D eigenvalue weighted by Gasteiger charge is -2.13. The molecule has 1 rings (SSSR count). The van der Waals surface area contributed by atoms with Crippen LogP contribution in [0.5, 0.6) is 0 Å². The van der Waals surface area contributed by atoms with E-state index in [9.17, 15) is 9.59 Å². The fourth-order valence-corrected chi connectivity index (χ4v) is 2.18. The first-order chi connectivity index (χ1) is 9.93. The molecule has 1 unspecified atom stereocenters. The van der Waals surface area contributed by atoms with E-state index in [1.807, 2.05) is 25.1 Å². The summed E-state index contributed by atoms with van der Waals surface area (Å²) < 4.78 is 1.03. The number of hydrogen-bond donors (Lipinski definition) is 2. The fraction of sp³-hybridized carbons (Fsp3) is 0.375. The Kier molecular flexibility index (Phi) is 7.15. The number of aryl methyl sites for hydroxylation is 2. The highest BCUT2D eigenvalue weighted by molar-refractivity contribution is 9.10. The van der Waals surface area contributed by atoms with Crippen LogP contribution in [0.4, 0.5) is 0 Å². The number of hydrogen-bond acceptors (Lipinski definition) is 2. The van der Waals surface area contributed by atoms with Crippen LogP contribution in [0.3, 0.4) is 0 Å². The van der Waals surface area contributed by atoms with Gasteiger partial charge in [-0.1, -0.05) is 34.1 Å². The minimum absolute atomic E-state index is 0.243. The molecule has 0 saturated heterocycles. The Labute approximate surface area is 133 Å². The van der Waals surface area contributed by atoms with E-state index in [0.717, 1.165) is 15.6 Å². The van der Waals surface area contributed by atoms with Crippen molar-refractivity contribution in [2.24, 2.45) is 0 Å². The van der Waals surface area contributed by atoms with Gasteiger partial charge in [0.25, 0.3) is 0 Å². The van der Waals surface area contributed by atoms with Crippen LogP contribution in [0.15, 0.2) is 35.3 Å². The Morgan fingerprint density at radius 1 is 1.48 bits per heavy atom. The summed E-state index contributed by atoms with van der Waals surface area (Å²) in [4.78, 5) is 22.9. The molecule has 0 bridgehead atoms. The van der Waals surface area contributed by atoms with Gasteiger partial charge in [-0.2, -0.15) is 0 Å². The zero-order chi connectivity index (χ0) is 15.8. The lowest BCUT2D eigenvalue weighted by molar-refractivity contribution is -0.142. The second-order valence-electron chi connectivity index (χ2n) is 4.91. The molecule has 0 aromatic heterocycles. The standard InChI is InChI=1S/C16H20BrNO3/c1-3-4-5-14(16(20)21)18-15(19)9-7-12-6-8-13(17)11(2)10-12/h3,6,8,10,14H,1,4-5,7,9H2,2H3,(H,18,19)(H,20,21). The second kappa shape index (κ2) is 8.62. The first-order valence-corrected chi connectivity index (χ1v) is 7.61. The number of carbonyl (C=O) groups is 2. The Balaban J connectivity index is 2.50. The molecule has 4 nitrogen and oxygen atoms in total. The zero-order valence-electron chi connectivity index (χ0n) is 12.1. The average Bonchev–Trinajstić information content (AvgIpc) is 2.44. The molecular formula is C16H20BrNO3. The maximum Gasteiger partial charge on any atom is 0.326 e. The number of amides is 1. The van der Waals surface area contributed by atoms with Crippen molar-refractivity contribution >= 4 is 27.8 Å². The van der Waals surface area contributed by atoms with Crippen LogP contribution in [0.25, 0.3) is 0 Å². The number of benzene rings is 1. The highest BCUT2D eigenvalue weighted by Gasteiger charge is 2.18. The van der Waals surface area contributed by atoms with Gasteiger partial charge in [-0.05, 0) is 43.4 Å². The molecule has 1 amide bonds. The first kappa shape index (κ1) is 17.4. The summed E-state index contributed by atoms with van der Waals surface area (Å²) in [7, 11) is 0. The van der Waals surface area contributed by atoms with Gasteiger partial charge in [0.15, 0.2) is 0 Å². The van der Waals surface area contributed by atoms with Crippen molar-refractivity contribution < 1.29 is 14.7 Å². The quantitative estimate of drug-likeness (QED) is 0.705. The molecule has 21 heavy (non-hydrogen) atoms. The Morgan fingerprint density at radius 3 is 2.76 bits per heavy atom. The predicted molar refractivity (Wildman–Crippen MR) is 86.2 cm³/mol. The number of aliphatic carboxylic acids is 1. The minimum Gasteiger partial charge on any atom is -0.480 e. The molecule has 0 aliphatic rings. The average molecular weight is 354 g/mol. The van der Waals surface area contributed by atoms with Gasteiger partial charge < -0.3 is 10.4 Å². The van der Waals surface area contributed by atoms with Crippen molar-refractivity contribution in [1.82, 2.24) is 5.32 Å². The van der Waals surface area contributed by atoms with E-state index in [0.29, 0.717) is 19.3 Å². The van der Waals surface area contributed by atoms with E-state index >= 15 is 0 Å². The number of nitrogens with one attached hydrogen (secondary N) is 1. The highest BCUT2D eigenvalue weighted by atomic mass is 79.9. The molecule has 5 heteroatoms. The lowest BCUT2D eigenvalue weighted by Crippen LogP contribution is -2.40. The molecule has 1 aromatic rings. The summed E-state index contributed by atoms with van der Waals surface area (Å²) in [6, 6.07) is 5.08. The molecule has 0 spiro atoms. The summed E-state index contributed by atoms with van der Waals surface area (Å²) >= 11 is 3.43. The molecule has 0 heterocycles. The number of halogens is 1. The summed E-state index contributed by atoms with van der Waals surface area (Å²) in [5, 5.41) is 11.6. The zero-order valence-corrected chi connectivity index (χ0v) is 13.6. The maximum atomic E-state index is 11.8. The van der Waals surface area contributed by atoms with Gasteiger partial charge in [-0.3, -0.25) is 4.79 Å². The van der Waals surface area contributed by atoms with Gasteiger partial charge >= 0.3 is 5.97 Å². The molecule has 2 N–H and O–H groups in total. The SMILES string of the molecule is C=CCCC(NC(=O)CCc1ccc(Br)c(C)c1)C(=O)O. The number of carboxylic acids is 1. The van der Waals surface area contributed by atoms with Crippen molar-refractivity contribution in [3.05, 3.63) is 46.5 Å². The van der Waals surface area contributed by atoms with Gasteiger partial charge in [0, 0.05) is 10.9 Å². The van der Waals surface area contributed by atoms with Crippen molar-refractivity contribution in [1.29, 1.82) is 0 Å². The lowest BCUT2D eigenvalue weighted by atomic mass is 10.1. The van der Waals surface area contributed by atoms with Crippen molar-refractivity contribution in [2.45, 2.75) is 38.6 Å². The Hall–Kier alpha value is -1.62. The van der Waals surface area contributed by atoms with Crippen LogP contribution in [0.1, 0.15) is 30.4 Å². The topological polar surface area (TPSA) is 66.4 Å². The Morgan fingerprint density at radius 2 is 2.19 bits per heavy atom. The minimum atomic E-state index is -1.01. The third kappa shape index (κ3) is 6.12. The third-order valence-electron chi connectivity index (χ3n) is 3.16. The second-order valence-corrected chi connectivity index (χ2v) is 5.76.